The van der Waals surface area contributed by atoms with Gasteiger partial charge in [0.05, 0.1) is 4.90 Å². The summed E-state index contributed by atoms with van der Waals surface area (Å²) in [6.07, 6.45) is 2.79. The van der Waals surface area contributed by atoms with Crippen LogP contribution in [0, 0.1) is 6.92 Å². The molecule has 0 aliphatic heterocycles. The van der Waals surface area contributed by atoms with Crippen molar-refractivity contribution in [1.82, 2.24) is 4.98 Å². The van der Waals surface area contributed by atoms with Gasteiger partial charge in [0.25, 0.3) is 0 Å². The first-order valence-electron chi connectivity index (χ1n) is 5.20. The van der Waals surface area contributed by atoms with E-state index < -0.39 is 15.6 Å². The maximum atomic E-state index is 12.0. The summed E-state index contributed by atoms with van der Waals surface area (Å²) in [6.45, 7) is 1.87. The molecule has 0 saturated carbocycles. The number of hydrogen-bond acceptors (Lipinski definition) is 5. The average Bonchev–Trinajstić information content (AvgIpc) is 2.77. The molecule has 94 valence electrons. The third kappa shape index (κ3) is 2.83. The minimum Gasteiger partial charge on any atom is -0.293 e. The van der Waals surface area contributed by atoms with Crippen LogP contribution < -0.4 is 0 Å². The number of Topliss-reactive ketones (excluding diaryl/α,β-unsaturated/α-hetero) is 1. The molecular formula is C12H11NO3S2. The van der Waals surface area contributed by atoms with Crippen LogP contribution in [0.4, 0.5) is 0 Å². The summed E-state index contributed by atoms with van der Waals surface area (Å²) in [5, 5.41) is 1.68. The molecule has 0 atom stereocenters. The summed E-state index contributed by atoms with van der Waals surface area (Å²) in [4.78, 5) is 16.7. The molecule has 0 N–H and O–H groups in total. The zero-order valence-electron chi connectivity index (χ0n) is 9.66. The van der Waals surface area contributed by atoms with Gasteiger partial charge < -0.3 is 0 Å². The molecule has 0 bridgehead atoms. The van der Waals surface area contributed by atoms with Crippen molar-refractivity contribution in [2.24, 2.45) is 0 Å². The second-order valence-electron chi connectivity index (χ2n) is 3.81. The summed E-state index contributed by atoms with van der Waals surface area (Å²) >= 11 is 1.43. The number of aryl methyl sites for hydroxylation is 1. The number of rotatable bonds is 4. The standard InChI is InChI=1S/C12H11NO3S2/c1-9-6-10(7-17-9)12(14)8-18(15,16)11-2-4-13-5-3-11/h2-7H,8H2,1H3. The highest BCUT2D eigenvalue weighted by Gasteiger charge is 2.20. The number of aromatic nitrogens is 1. The van der Waals surface area contributed by atoms with Crippen molar-refractivity contribution in [2.75, 3.05) is 5.75 Å². The minimum atomic E-state index is -3.58. The van der Waals surface area contributed by atoms with Crippen LogP contribution in [0.25, 0.3) is 0 Å². The minimum absolute atomic E-state index is 0.123. The smallest absolute Gasteiger partial charge is 0.185 e. The van der Waals surface area contributed by atoms with Gasteiger partial charge in [0, 0.05) is 28.2 Å². The van der Waals surface area contributed by atoms with Gasteiger partial charge >= 0.3 is 0 Å². The normalized spacial score (nSPS) is 11.4. The molecule has 0 unspecified atom stereocenters. The van der Waals surface area contributed by atoms with Crippen LogP contribution in [0.15, 0.2) is 40.9 Å². The molecule has 0 aromatic carbocycles. The number of sulfone groups is 1. The van der Waals surface area contributed by atoms with Crippen LogP contribution in [0.1, 0.15) is 15.2 Å². The van der Waals surface area contributed by atoms with E-state index in [1.54, 1.807) is 11.4 Å². The predicted octanol–water partition coefficient (Wildman–Crippen LogP) is 2.11. The van der Waals surface area contributed by atoms with E-state index in [0.29, 0.717) is 5.56 Å². The number of thiophene rings is 1. The molecule has 4 nitrogen and oxygen atoms in total. The van der Waals surface area contributed by atoms with Gasteiger partial charge in [-0.2, -0.15) is 0 Å². The molecule has 0 amide bonds. The van der Waals surface area contributed by atoms with E-state index in [4.69, 9.17) is 0 Å². The van der Waals surface area contributed by atoms with E-state index >= 15 is 0 Å². The van der Waals surface area contributed by atoms with Gasteiger partial charge in [-0.15, -0.1) is 11.3 Å². The lowest BCUT2D eigenvalue weighted by molar-refractivity contribution is 0.102. The van der Waals surface area contributed by atoms with Crippen molar-refractivity contribution >= 4 is 27.0 Å². The van der Waals surface area contributed by atoms with Crippen molar-refractivity contribution in [1.29, 1.82) is 0 Å². The fourth-order valence-corrected chi connectivity index (χ4v) is 3.40. The van der Waals surface area contributed by atoms with Crippen molar-refractivity contribution in [2.45, 2.75) is 11.8 Å². The lowest BCUT2D eigenvalue weighted by Gasteiger charge is -2.02. The van der Waals surface area contributed by atoms with E-state index in [1.807, 2.05) is 6.92 Å². The fraction of sp³-hybridized carbons (Fsp3) is 0.167. The van der Waals surface area contributed by atoms with Gasteiger partial charge in [-0.1, -0.05) is 0 Å². The van der Waals surface area contributed by atoms with Crippen LogP contribution in [0.2, 0.25) is 0 Å². The van der Waals surface area contributed by atoms with E-state index in [0.717, 1.165) is 4.88 Å². The quantitative estimate of drug-likeness (QED) is 0.805. The Bertz CT molecular complexity index is 660. The lowest BCUT2D eigenvalue weighted by atomic mass is 10.2. The van der Waals surface area contributed by atoms with Crippen molar-refractivity contribution in [3.8, 4) is 0 Å². The highest BCUT2D eigenvalue weighted by atomic mass is 32.2. The van der Waals surface area contributed by atoms with E-state index in [2.05, 4.69) is 4.98 Å². The van der Waals surface area contributed by atoms with Gasteiger partial charge in [0.15, 0.2) is 15.6 Å². The van der Waals surface area contributed by atoms with Gasteiger partial charge in [0.2, 0.25) is 0 Å². The zero-order valence-corrected chi connectivity index (χ0v) is 11.3. The Morgan fingerprint density at radius 3 is 2.56 bits per heavy atom. The summed E-state index contributed by atoms with van der Waals surface area (Å²) in [5.41, 5.74) is 0.454. The Morgan fingerprint density at radius 1 is 1.33 bits per heavy atom. The topological polar surface area (TPSA) is 64.1 Å². The van der Waals surface area contributed by atoms with E-state index in [1.165, 1.54) is 35.9 Å². The molecular weight excluding hydrogens is 270 g/mol. The molecule has 0 fully saturated rings. The molecule has 0 radical (unpaired) electrons. The molecule has 2 aromatic heterocycles. The second kappa shape index (κ2) is 4.99. The summed E-state index contributed by atoms with van der Waals surface area (Å²) < 4.78 is 24.0. The Balaban J connectivity index is 2.22. The highest BCUT2D eigenvalue weighted by molar-refractivity contribution is 7.92. The van der Waals surface area contributed by atoms with E-state index in [-0.39, 0.29) is 10.7 Å². The third-order valence-corrected chi connectivity index (χ3v) is 4.88. The maximum absolute atomic E-state index is 12.0. The summed E-state index contributed by atoms with van der Waals surface area (Å²) in [7, 11) is -3.58. The number of carbonyl (C=O) groups excluding carboxylic acids is 1. The Hall–Kier alpha value is -1.53. The fourth-order valence-electron chi connectivity index (χ4n) is 1.47. The van der Waals surface area contributed by atoms with Crippen LogP contribution in [0.3, 0.4) is 0 Å². The molecule has 2 heterocycles. The largest absolute Gasteiger partial charge is 0.293 e. The van der Waals surface area contributed by atoms with Crippen LogP contribution in [-0.4, -0.2) is 24.9 Å². The highest BCUT2D eigenvalue weighted by Crippen LogP contribution is 2.16. The number of pyridine rings is 1. The van der Waals surface area contributed by atoms with Crippen molar-refractivity contribution in [3.05, 3.63) is 46.4 Å². The van der Waals surface area contributed by atoms with Crippen molar-refractivity contribution in [3.63, 3.8) is 0 Å². The van der Waals surface area contributed by atoms with E-state index in [9.17, 15) is 13.2 Å². The number of carbonyl (C=O) groups is 1. The lowest BCUT2D eigenvalue weighted by Crippen LogP contribution is -2.16. The molecule has 18 heavy (non-hydrogen) atoms. The monoisotopic (exact) mass is 281 g/mol. The number of nitrogens with zero attached hydrogens (tertiary/aromatic N) is 1. The van der Waals surface area contributed by atoms with Gasteiger partial charge in [-0.25, -0.2) is 8.42 Å². The maximum Gasteiger partial charge on any atom is 0.185 e. The molecule has 0 saturated heterocycles. The summed E-state index contributed by atoms with van der Waals surface area (Å²) in [5.74, 6) is -0.885. The molecule has 0 spiro atoms. The van der Waals surface area contributed by atoms with Gasteiger partial charge in [-0.3, -0.25) is 9.78 Å². The molecule has 0 aliphatic carbocycles. The predicted molar refractivity (Wildman–Crippen MR) is 69.7 cm³/mol. The first kappa shape index (κ1) is 12.9. The Morgan fingerprint density at radius 2 is 2.00 bits per heavy atom. The average molecular weight is 281 g/mol. The van der Waals surface area contributed by atoms with Crippen molar-refractivity contribution < 1.29 is 13.2 Å². The zero-order chi connectivity index (χ0) is 13.2. The van der Waals surface area contributed by atoms with Gasteiger partial charge in [0.1, 0.15) is 5.75 Å². The first-order valence-corrected chi connectivity index (χ1v) is 7.73. The number of hydrogen-bond donors (Lipinski definition) is 0. The Kier molecular flexibility index (Phi) is 3.58. The SMILES string of the molecule is Cc1cc(C(=O)CS(=O)(=O)c2ccncc2)cs1. The number of ketones is 1. The Labute approximate surface area is 109 Å². The second-order valence-corrected chi connectivity index (χ2v) is 6.92. The molecule has 2 aromatic rings. The third-order valence-electron chi connectivity index (χ3n) is 2.38. The summed E-state index contributed by atoms with van der Waals surface area (Å²) in [6, 6.07) is 4.48. The first-order chi connectivity index (χ1) is 8.49. The molecule has 2 rings (SSSR count). The molecule has 6 heteroatoms. The molecule has 0 aliphatic rings. The van der Waals surface area contributed by atoms with Crippen LogP contribution in [0.5, 0.6) is 0 Å². The van der Waals surface area contributed by atoms with Crippen LogP contribution in [-0.2, 0) is 9.84 Å². The van der Waals surface area contributed by atoms with Gasteiger partial charge in [-0.05, 0) is 25.1 Å². The van der Waals surface area contributed by atoms with Crippen LogP contribution >= 0.6 is 11.3 Å².